The summed E-state index contributed by atoms with van der Waals surface area (Å²) in [7, 11) is 1.35. The molecule has 0 amide bonds. The number of H-pyrrole nitrogens is 1. The lowest BCUT2D eigenvalue weighted by atomic mass is 9.87. The Morgan fingerprint density at radius 2 is 2.00 bits per heavy atom. The number of aromatic nitrogens is 3. The molecule has 5 rings (SSSR count). The maximum atomic E-state index is 15.0. The van der Waals surface area contributed by atoms with E-state index in [-0.39, 0.29) is 10.9 Å². The normalized spacial score (nSPS) is 28.3. The van der Waals surface area contributed by atoms with Gasteiger partial charge in [-0.2, -0.15) is 0 Å². The van der Waals surface area contributed by atoms with Gasteiger partial charge in [-0.3, -0.25) is 0 Å². The van der Waals surface area contributed by atoms with Gasteiger partial charge >= 0.3 is 0 Å². The molecule has 0 spiro atoms. The molecule has 2 fully saturated rings. The summed E-state index contributed by atoms with van der Waals surface area (Å²) in [5.74, 6) is -1.53. The van der Waals surface area contributed by atoms with Crippen molar-refractivity contribution in [3.8, 4) is 0 Å². The molecule has 1 aromatic carbocycles. The van der Waals surface area contributed by atoms with E-state index in [4.69, 9.17) is 42.3 Å². The molecule has 12 heteroatoms. The Balaban J connectivity index is 1.61. The lowest BCUT2D eigenvalue weighted by molar-refractivity contribution is -0.221. The summed E-state index contributed by atoms with van der Waals surface area (Å²) >= 11 is 12.3. The van der Waals surface area contributed by atoms with Gasteiger partial charge in [-0.25, -0.2) is 9.37 Å². The fourth-order valence-corrected chi connectivity index (χ4v) is 4.95. The van der Waals surface area contributed by atoms with Crippen molar-refractivity contribution in [2.75, 3.05) is 7.11 Å². The van der Waals surface area contributed by atoms with Crippen LogP contribution in [0.2, 0.25) is 10.0 Å². The van der Waals surface area contributed by atoms with E-state index in [1.807, 2.05) is 0 Å². The van der Waals surface area contributed by atoms with Gasteiger partial charge in [0.2, 0.25) is 5.49 Å². The van der Waals surface area contributed by atoms with Crippen molar-refractivity contribution in [1.82, 2.24) is 14.5 Å². The van der Waals surface area contributed by atoms with Gasteiger partial charge < -0.3 is 33.7 Å². The van der Waals surface area contributed by atoms with Crippen LogP contribution >= 0.6 is 23.2 Å². The number of rotatable bonds is 4. The second kappa shape index (κ2) is 8.18. The summed E-state index contributed by atoms with van der Waals surface area (Å²) in [6, 6.07) is 4.86. The molecule has 0 bridgehead atoms. The molecule has 34 heavy (non-hydrogen) atoms. The number of halogens is 3. The molecule has 0 radical (unpaired) electrons. The third kappa shape index (κ3) is 3.69. The number of aromatic amines is 1. The summed E-state index contributed by atoms with van der Waals surface area (Å²) in [5.41, 5.74) is -0.625. The Bertz CT molecular complexity index is 1320. The van der Waals surface area contributed by atoms with Crippen LogP contribution in [0, 0.1) is 5.82 Å². The van der Waals surface area contributed by atoms with Gasteiger partial charge in [-0.15, -0.1) is 0 Å². The zero-order valence-corrected chi connectivity index (χ0v) is 20.3. The van der Waals surface area contributed by atoms with Crippen molar-refractivity contribution in [3.63, 3.8) is 0 Å². The highest BCUT2D eigenvalue weighted by Crippen LogP contribution is 2.49. The summed E-state index contributed by atoms with van der Waals surface area (Å²) < 4.78 is 35.2. The third-order valence-corrected chi connectivity index (χ3v) is 6.88. The predicted molar refractivity (Wildman–Crippen MR) is 120 cm³/mol. The summed E-state index contributed by atoms with van der Waals surface area (Å²) in [4.78, 5) is 11.8. The SMILES string of the molecule is CO/N=c1\nc[nH]c2c1c(F)cn2[C@@H]1O[C@H]([C@](C)(O)c2ccc(Cl)c(Cl)c2)[C@H]2OC(C)(C)O[C@H]21. The van der Waals surface area contributed by atoms with Gasteiger partial charge in [0.15, 0.2) is 17.8 Å². The van der Waals surface area contributed by atoms with Crippen molar-refractivity contribution in [2.24, 2.45) is 5.16 Å². The molecular formula is C22H23Cl2FN4O5. The minimum atomic E-state index is -1.54. The first-order valence-electron chi connectivity index (χ1n) is 10.5. The van der Waals surface area contributed by atoms with E-state index >= 15 is 4.39 Å². The topological polar surface area (TPSA) is 103 Å². The number of hydrogen-bond acceptors (Lipinski definition) is 7. The molecule has 2 aliphatic rings. The number of ether oxygens (including phenoxy) is 3. The highest BCUT2D eigenvalue weighted by molar-refractivity contribution is 6.42. The zero-order chi connectivity index (χ0) is 24.4. The summed E-state index contributed by atoms with van der Waals surface area (Å²) in [6.07, 6.45) is -0.408. The zero-order valence-electron chi connectivity index (χ0n) is 18.8. The highest BCUT2D eigenvalue weighted by atomic mass is 35.5. The van der Waals surface area contributed by atoms with Crippen LogP contribution in [0.1, 0.15) is 32.6 Å². The number of hydrogen-bond donors (Lipinski definition) is 2. The van der Waals surface area contributed by atoms with E-state index in [1.54, 1.807) is 43.5 Å². The molecule has 182 valence electrons. The Morgan fingerprint density at radius 3 is 2.71 bits per heavy atom. The van der Waals surface area contributed by atoms with Crippen molar-refractivity contribution in [1.29, 1.82) is 0 Å². The number of fused-ring (bicyclic) bond motifs is 2. The third-order valence-electron chi connectivity index (χ3n) is 6.14. The molecular weight excluding hydrogens is 490 g/mol. The van der Waals surface area contributed by atoms with Gasteiger partial charge in [-0.1, -0.05) is 34.4 Å². The molecule has 2 aromatic heterocycles. The molecule has 5 atom stereocenters. The van der Waals surface area contributed by atoms with E-state index in [0.717, 1.165) is 0 Å². The summed E-state index contributed by atoms with van der Waals surface area (Å²) in [5, 5.41) is 16.2. The van der Waals surface area contributed by atoms with E-state index in [9.17, 15) is 5.11 Å². The summed E-state index contributed by atoms with van der Waals surface area (Å²) in [6.45, 7) is 5.14. The van der Waals surface area contributed by atoms with Crippen LogP contribution < -0.4 is 5.49 Å². The van der Waals surface area contributed by atoms with Gasteiger partial charge in [0, 0.05) is 6.20 Å². The first kappa shape index (κ1) is 23.5. The minimum absolute atomic E-state index is 0.0744. The average molecular weight is 513 g/mol. The number of nitrogens with one attached hydrogen (secondary N) is 1. The van der Waals surface area contributed by atoms with Crippen molar-refractivity contribution < 1.29 is 28.5 Å². The molecule has 2 N–H and O–H groups in total. The lowest BCUT2D eigenvalue weighted by Gasteiger charge is -2.34. The Labute approximate surface area is 204 Å². The lowest BCUT2D eigenvalue weighted by Crippen LogP contribution is -2.45. The molecule has 3 aromatic rings. The second-order valence-electron chi connectivity index (χ2n) is 8.90. The van der Waals surface area contributed by atoms with Crippen molar-refractivity contribution >= 4 is 34.2 Å². The number of benzene rings is 1. The second-order valence-corrected chi connectivity index (χ2v) is 9.71. The van der Waals surface area contributed by atoms with Crippen LogP contribution in [-0.2, 0) is 24.6 Å². The van der Waals surface area contributed by atoms with Crippen LogP contribution in [-0.4, -0.2) is 50.9 Å². The first-order valence-corrected chi connectivity index (χ1v) is 11.3. The highest BCUT2D eigenvalue weighted by Gasteiger charge is 2.61. The van der Waals surface area contributed by atoms with Crippen LogP contribution in [0.4, 0.5) is 4.39 Å². The van der Waals surface area contributed by atoms with E-state index in [0.29, 0.717) is 21.3 Å². The quantitative estimate of drug-likeness (QED) is 0.517. The van der Waals surface area contributed by atoms with Gasteiger partial charge in [-0.05, 0) is 38.5 Å². The molecule has 2 saturated heterocycles. The number of nitrogens with zero attached hydrogens (tertiary/aromatic N) is 3. The van der Waals surface area contributed by atoms with Gasteiger partial charge in [0.25, 0.3) is 0 Å². The van der Waals surface area contributed by atoms with Crippen molar-refractivity contribution in [3.05, 3.63) is 57.6 Å². The minimum Gasteiger partial charge on any atom is -0.397 e. The molecule has 0 unspecified atom stereocenters. The van der Waals surface area contributed by atoms with Crippen LogP contribution in [0.25, 0.3) is 11.0 Å². The first-order chi connectivity index (χ1) is 16.0. The standard InChI is InChI=1S/C22H23Cl2FN4O5/c1-21(2)33-15-16(34-21)20(29-8-13(25)14-18(28-31-4)26-9-27-19(14)29)32-17(15)22(3,30)10-5-6-11(23)12(24)7-10/h5-9,15-17,20,30H,1-4H3,(H,26,27,28)/t15-,16+,17-,20+,22+/m0/s1. The predicted octanol–water partition coefficient (Wildman–Crippen LogP) is 3.60. The number of aliphatic hydroxyl groups is 1. The maximum Gasteiger partial charge on any atom is 0.206 e. The molecule has 0 aliphatic carbocycles. The maximum absolute atomic E-state index is 15.0. The Hall–Kier alpha value is -2.21. The van der Waals surface area contributed by atoms with E-state index in [2.05, 4.69) is 15.1 Å². The largest absolute Gasteiger partial charge is 0.397 e. The molecule has 0 saturated carbocycles. The van der Waals surface area contributed by atoms with Gasteiger partial charge in [0.05, 0.1) is 16.4 Å². The van der Waals surface area contributed by atoms with E-state index < -0.39 is 41.7 Å². The smallest absolute Gasteiger partial charge is 0.206 e. The Morgan fingerprint density at radius 1 is 1.26 bits per heavy atom. The van der Waals surface area contributed by atoms with E-state index in [1.165, 1.54) is 19.6 Å². The monoisotopic (exact) mass is 512 g/mol. The van der Waals surface area contributed by atoms with Crippen LogP contribution in [0.15, 0.2) is 35.9 Å². The van der Waals surface area contributed by atoms with Crippen LogP contribution in [0.3, 0.4) is 0 Å². The fraction of sp³-hybridized carbons (Fsp3) is 0.455. The van der Waals surface area contributed by atoms with Gasteiger partial charge in [0.1, 0.15) is 42.1 Å². The molecule has 9 nitrogen and oxygen atoms in total. The molecule has 4 heterocycles. The van der Waals surface area contributed by atoms with Crippen molar-refractivity contribution in [2.45, 2.75) is 56.7 Å². The molecule has 2 aliphatic heterocycles. The Kier molecular flexibility index (Phi) is 5.66. The van der Waals surface area contributed by atoms with Crippen LogP contribution in [0.5, 0.6) is 0 Å². The fourth-order valence-electron chi connectivity index (χ4n) is 4.66. The average Bonchev–Trinajstić information content (AvgIpc) is 3.38.